The van der Waals surface area contributed by atoms with Crippen molar-refractivity contribution in [2.45, 2.75) is 16.8 Å². The first-order valence-electron chi connectivity index (χ1n) is 5.16. The van der Waals surface area contributed by atoms with E-state index in [1.165, 1.54) is 18.7 Å². The maximum absolute atomic E-state index is 10.9. The van der Waals surface area contributed by atoms with Gasteiger partial charge < -0.3 is 5.32 Å². The van der Waals surface area contributed by atoms with Gasteiger partial charge in [-0.25, -0.2) is 4.98 Å². The third-order valence-corrected chi connectivity index (χ3v) is 3.49. The first kappa shape index (κ1) is 14.0. The van der Waals surface area contributed by atoms with Crippen LogP contribution in [0.5, 0.6) is 0 Å². The van der Waals surface area contributed by atoms with Crippen LogP contribution in [0.15, 0.2) is 34.2 Å². The standard InChI is InChI=1S/C11H8Cl2N4OS/c1-6(18)14-7-2-4-8(5-3-7)19-10-9(12)16-17-11(13)15-10/h2-5H,1H3,(H,14,18). The van der Waals surface area contributed by atoms with E-state index in [1.54, 1.807) is 12.1 Å². The van der Waals surface area contributed by atoms with Gasteiger partial charge >= 0.3 is 0 Å². The number of carbonyl (C=O) groups is 1. The monoisotopic (exact) mass is 314 g/mol. The smallest absolute Gasteiger partial charge is 0.244 e. The molecule has 19 heavy (non-hydrogen) atoms. The van der Waals surface area contributed by atoms with Gasteiger partial charge in [0.05, 0.1) is 0 Å². The molecule has 1 heterocycles. The van der Waals surface area contributed by atoms with Crippen molar-refractivity contribution < 1.29 is 4.79 Å². The van der Waals surface area contributed by atoms with E-state index in [4.69, 9.17) is 23.2 Å². The lowest BCUT2D eigenvalue weighted by Gasteiger charge is -2.04. The molecule has 0 spiro atoms. The number of halogens is 2. The second kappa shape index (κ2) is 6.18. The molecule has 8 heteroatoms. The Morgan fingerprint density at radius 3 is 2.53 bits per heavy atom. The highest BCUT2D eigenvalue weighted by Gasteiger charge is 2.08. The summed E-state index contributed by atoms with van der Waals surface area (Å²) in [5, 5.41) is 10.6. The Morgan fingerprint density at radius 2 is 1.89 bits per heavy atom. The highest BCUT2D eigenvalue weighted by molar-refractivity contribution is 7.99. The van der Waals surface area contributed by atoms with Crippen molar-refractivity contribution in [1.82, 2.24) is 15.2 Å². The molecule has 2 rings (SSSR count). The number of hydrogen-bond acceptors (Lipinski definition) is 5. The summed E-state index contributed by atoms with van der Waals surface area (Å²) in [6, 6.07) is 7.24. The fourth-order valence-corrected chi connectivity index (χ4v) is 2.39. The fourth-order valence-electron chi connectivity index (χ4n) is 1.27. The van der Waals surface area contributed by atoms with Gasteiger partial charge in [0.25, 0.3) is 0 Å². The van der Waals surface area contributed by atoms with Crippen LogP contribution in [0.3, 0.4) is 0 Å². The number of amides is 1. The van der Waals surface area contributed by atoms with Crippen LogP contribution in [0.25, 0.3) is 0 Å². The summed E-state index contributed by atoms with van der Waals surface area (Å²) in [6.45, 7) is 1.46. The Hall–Kier alpha value is -1.37. The molecule has 0 saturated carbocycles. The topological polar surface area (TPSA) is 67.8 Å². The number of hydrogen-bond donors (Lipinski definition) is 1. The minimum absolute atomic E-state index is 0.0433. The van der Waals surface area contributed by atoms with E-state index in [2.05, 4.69) is 20.5 Å². The zero-order valence-electron chi connectivity index (χ0n) is 9.72. The second-order valence-electron chi connectivity index (χ2n) is 3.48. The molecule has 0 aliphatic carbocycles. The van der Waals surface area contributed by atoms with Crippen LogP contribution < -0.4 is 5.32 Å². The van der Waals surface area contributed by atoms with E-state index >= 15 is 0 Å². The molecule has 1 aromatic heterocycles. The third-order valence-electron chi connectivity index (χ3n) is 1.98. The molecule has 1 N–H and O–H groups in total. The quantitative estimate of drug-likeness (QED) is 0.941. The molecule has 1 amide bonds. The molecule has 0 saturated heterocycles. The van der Waals surface area contributed by atoms with Gasteiger partial charge in [-0.3, -0.25) is 4.79 Å². The van der Waals surface area contributed by atoms with E-state index < -0.39 is 0 Å². The number of nitrogens with zero attached hydrogens (tertiary/aromatic N) is 3. The number of nitrogens with one attached hydrogen (secondary N) is 1. The molecule has 98 valence electrons. The number of rotatable bonds is 3. The van der Waals surface area contributed by atoms with Crippen molar-refractivity contribution in [2.75, 3.05) is 5.32 Å². The van der Waals surface area contributed by atoms with E-state index in [9.17, 15) is 4.79 Å². The number of carbonyl (C=O) groups excluding carboxylic acids is 1. The number of anilines is 1. The average Bonchev–Trinajstić information content (AvgIpc) is 2.35. The molecule has 0 aliphatic rings. The molecule has 2 aromatic rings. The Labute approximate surface area is 123 Å². The van der Waals surface area contributed by atoms with Crippen molar-refractivity contribution in [3.8, 4) is 0 Å². The van der Waals surface area contributed by atoms with Crippen LogP contribution in [0, 0.1) is 0 Å². The lowest BCUT2D eigenvalue weighted by molar-refractivity contribution is -0.114. The number of aromatic nitrogens is 3. The van der Waals surface area contributed by atoms with Crippen LogP contribution in [0.4, 0.5) is 5.69 Å². The molecular weight excluding hydrogens is 307 g/mol. The van der Waals surface area contributed by atoms with Crippen LogP contribution >= 0.6 is 35.0 Å². The third kappa shape index (κ3) is 4.05. The normalized spacial score (nSPS) is 10.3. The molecule has 0 aliphatic heterocycles. The van der Waals surface area contributed by atoms with Crippen molar-refractivity contribution in [1.29, 1.82) is 0 Å². The van der Waals surface area contributed by atoms with Crippen molar-refractivity contribution in [2.24, 2.45) is 0 Å². The largest absolute Gasteiger partial charge is 0.326 e. The summed E-state index contributed by atoms with van der Waals surface area (Å²) in [6.07, 6.45) is 0. The molecule has 0 atom stereocenters. The van der Waals surface area contributed by atoms with Crippen LogP contribution in [-0.2, 0) is 4.79 Å². The first-order chi connectivity index (χ1) is 9.04. The van der Waals surface area contributed by atoms with E-state index in [0.717, 1.165) is 10.6 Å². The Bertz CT molecular complexity index is 606. The van der Waals surface area contributed by atoms with E-state index in [-0.39, 0.29) is 16.3 Å². The molecular formula is C11H8Cl2N4OS. The van der Waals surface area contributed by atoms with Crippen LogP contribution in [-0.4, -0.2) is 21.1 Å². The van der Waals surface area contributed by atoms with E-state index in [1.807, 2.05) is 12.1 Å². The highest BCUT2D eigenvalue weighted by Crippen LogP contribution is 2.31. The van der Waals surface area contributed by atoms with Crippen LogP contribution in [0.1, 0.15) is 6.92 Å². The molecule has 0 radical (unpaired) electrons. The summed E-state index contributed by atoms with van der Waals surface area (Å²) in [5.74, 6) is -0.116. The lowest BCUT2D eigenvalue weighted by atomic mass is 10.3. The van der Waals surface area contributed by atoms with Crippen molar-refractivity contribution in [3.63, 3.8) is 0 Å². The molecule has 0 bridgehead atoms. The van der Waals surface area contributed by atoms with Gasteiger partial charge in [-0.15, -0.1) is 10.2 Å². The average molecular weight is 315 g/mol. The number of benzene rings is 1. The maximum Gasteiger partial charge on any atom is 0.244 e. The predicted molar refractivity (Wildman–Crippen MR) is 74.7 cm³/mol. The van der Waals surface area contributed by atoms with Gasteiger partial charge in [0.15, 0.2) is 5.15 Å². The minimum Gasteiger partial charge on any atom is -0.326 e. The van der Waals surface area contributed by atoms with Gasteiger partial charge in [0.1, 0.15) is 5.03 Å². The predicted octanol–water partition coefficient (Wildman–Crippen LogP) is 3.29. The summed E-state index contributed by atoms with van der Waals surface area (Å²) >= 11 is 12.8. The van der Waals surface area contributed by atoms with Gasteiger partial charge in [0.2, 0.25) is 11.2 Å². The Morgan fingerprint density at radius 1 is 1.21 bits per heavy atom. The summed E-state index contributed by atoms with van der Waals surface area (Å²) < 4.78 is 0. The minimum atomic E-state index is -0.116. The zero-order chi connectivity index (χ0) is 13.8. The van der Waals surface area contributed by atoms with Crippen molar-refractivity contribution >= 4 is 46.6 Å². The van der Waals surface area contributed by atoms with Gasteiger partial charge in [-0.05, 0) is 35.9 Å². The van der Waals surface area contributed by atoms with Crippen LogP contribution in [0.2, 0.25) is 10.4 Å². The summed E-state index contributed by atoms with van der Waals surface area (Å²) in [7, 11) is 0. The van der Waals surface area contributed by atoms with Gasteiger partial charge in [0, 0.05) is 17.5 Å². The van der Waals surface area contributed by atoms with Gasteiger partial charge in [-0.1, -0.05) is 23.4 Å². The zero-order valence-corrected chi connectivity index (χ0v) is 12.1. The Balaban J connectivity index is 2.15. The highest BCUT2D eigenvalue weighted by atomic mass is 35.5. The first-order valence-corrected chi connectivity index (χ1v) is 6.73. The molecule has 0 unspecified atom stereocenters. The molecule has 5 nitrogen and oxygen atoms in total. The summed E-state index contributed by atoms with van der Waals surface area (Å²) in [5.41, 5.74) is 0.724. The maximum atomic E-state index is 10.9. The molecule has 1 aromatic carbocycles. The molecule has 0 fully saturated rings. The summed E-state index contributed by atoms with van der Waals surface area (Å²) in [4.78, 5) is 15.8. The fraction of sp³-hybridized carbons (Fsp3) is 0.0909. The van der Waals surface area contributed by atoms with Crippen molar-refractivity contribution in [3.05, 3.63) is 34.7 Å². The lowest BCUT2D eigenvalue weighted by Crippen LogP contribution is -2.05. The second-order valence-corrected chi connectivity index (χ2v) is 5.24. The van der Waals surface area contributed by atoms with E-state index in [0.29, 0.717) is 5.03 Å². The van der Waals surface area contributed by atoms with Gasteiger partial charge in [-0.2, -0.15) is 0 Å². The SMILES string of the molecule is CC(=O)Nc1ccc(Sc2nc(Cl)nnc2Cl)cc1. The Kier molecular flexibility index (Phi) is 4.57.